The molecule has 1 aromatic carbocycles. The molecule has 0 aliphatic rings. The molecule has 0 aliphatic carbocycles. The SMILES string of the molecule is CCC(N)Cc1ccc(SC(C)(C)C)cc1Br. The average molecular weight is 316 g/mol. The van der Waals surface area contributed by atoms with Crippen LogP contribution < -0.4 is 5.73 Å². The lowest BCUT2D eigenvalue weighted by Gasteiger charge is -2.18. The van der Waals surface area contributed by atoms with Crippen molar-refractivity contribution in [2.45, 2.75) is 56.2 Å². The normalized spacial score (nSPS) is 13.8. The third-order valence-electron chi connectivity index (χ3n) is 2.46. The van der Waals surface area contributed by atoms with Crippen molar-refractivity contribution in [1.29, 1.82) is 0 Å². The second-order valence-electron chi connectivity index (χ2n) is 5.34. The van der Waals surface area contributed by atoms with E-state index in [0.29, 0.717) is 0 Å². The van der Waals surface area contributed by atoms with E-state index in [2.05, 4.69) is 61.8 Å². The maximum absolute atomic E-state index is 5.99. The zero-order valence-electron chi connectivity index (χ0n) is 11.1. The van der Waals surface area contributed by atoms with Gasteiger partial charge in [0.15, 0.2) is 0 Å². The summed E-state index contributed by atoms with van der Waals surface area (Å²) in [7, 11) is 0. The largest absolute Gasteiger partial charge is 0.327 e. The van der Waals surface area contributed by atoms with Crippen LogP contribution in [0.2, 0.25) is 0 Å². The summed E-state index contributed by atoms with van der Waals surface area (Å²) in [5.41, 5.74) is 7.29. The minimum Gasteiger partial charge on any atom is -0.327 e. The molecule has 0 amide bonds. The zero-order valence-corrected chi connectivity index (χ0v) is 13.5. The van der Waals surface area contributed by atoms with Crippen molar-refractivity contribution in [3.05, 3.63) is 28.2 Å². The van der Waals surface area contributed by atoms with E-state index in [1.54, 1.807) is 0 Å². The van der Waals surface area contributed by atoms with Crippen molar-refractivity contribution in [2.75, 3.05) is 0 Å². The summed E-state index contributed by atoms with van der Waals surface area (Å²) in [6, 6.07) is 6.84. The van der Waals surface area contributed by atoms with Crippen molar-refractivity contribution in [3.63, 3.8) is 0 Å². The van der Waals surface area contributed by atoms with E-state index in [9.17, 15) is 0 Å². The Bertz CT molecular complexity index is 371. The average Bonchev–Trinajstić information content (AvgIpc) is 2.19. The van der Waals surface area contributed by atoms with Gasteiger partial charge in [0.25, 0.3) is 0 Å². The summed E-state index contributed by atoms with van der Waals surface area (Å²) in [6.45, 7) is 8.81. The minimum absolute atomic E-state index is 0.251. The fourth-order valence-corrected chi connectivity index (χ4v) is 3.25. The topological polar surface area (TPSA) is 26.0 Å². The molecule has 1 atom stereocenters. The van der Waals surface area contributed by atoms with Crippen LogP contribution in [0.15, 0.2) is 27.6 Å². The zero-order chi connectivity index (χ0) is 13.1. The third-order valence-corrected chi connectivity index (χ3v) is 4.30. The molecule has 1 aromatic rings. The van der Waals surface area contributed by atoms with Crippen LogP contribution in [0, 0.1) is 0 Å². The van der Waals surface area contributed by atoms with Gasteiger partial charge in [-0.1, -0.05) is 49.7 Å². The summed E-state index contributed by atoms with van der Waals surface area (Å²) in [5.74, 6) is 0. The van der Waals surface area contributed by atoms with Gasteiger partial charge in [-0.05, 0) is 30.5 Å². The molecule has 96 valence electrons. The van der Waals surface area contributed by atoms with Crippen molar-refractivity contribution >= 4 is 27.7 Å². The van der Waals surface area contributed by atoms with E-state index in [0.717, 1.165) is 12.8 Å². The molecule has 0 heterocycles. The van der Waals surface area contributed by atoms with Gasteiger partial charge in [0.05, 0.1) is 0 Å². The van der Waals surface area contributed by atoms with Gasteiger partial charge in [0.1, 0.15) is 0 Å². The first-order chi connectivity index (χ1) is 7.81. The van der Waals surface area contributed by atoms with Crippen LogP contribution in [0.4, 0.5) is 0 Å². The Kier molecular flexibility index (Phi) is 5.55. The molecule has 3 heteroatoms. The van der Waals surface area contributed by atoms with Crippen LogP contribution >= 0.6 is 27.7 Å². The van der Waals surface area contributed by atoms with E-state index < -0.39 is 0 Å². The summed E-state index contributed by atoms with van der Waals surface area (Å²) in [4.78, 5) is 1.30. The van der Waals surface area contributed by atoms with Crippen molar-refractivity contribution in [1.82, 2.24) is 0 Å². The van der Waals surface area contributed by atoms with Gasteiger partial charge < -0.3 is 5.73 Å². The molecule has 0 radical (unpaired) electrons. The first-order valence-electron chi connectivity index (χ1n) is 6.05. The lowest BCUT2D eigenvalue weighted by molar-refractivity contribution is 0.645. The predicted octanol–water partition coefficient (Wildman–Crippen LogP) is 4.62. The number of rotatable bonds is 4. The number of hydrogen-bond acceptors (Lipinski definition) is 2. The Labute approximate surface area is 118 Å². The summed E-state index contributed by atoms with van der Waals surface area (Å²) >= 11 is 5.53. The molecule has 1 unspecified atom stereocenters. The van der Waals surface area contributed by atoms with Gasteiger partial charge in [-0.15, -0.1) is 11.8 Å². The van der Waals surface area contributed by atoms with Crippen molar-refractivity contribution in [3.8, 4) is 0 Å². The first kappa shape index (κ1) is 15.1. The third kappa shape index (κ3) is 5.45. The van der Waals surface area contributed by atoms with Crippen LogP contribution in [0.3, 0.4) is 0 Å². The van der Waals surface area contributed by atoms with Crippen molar-refractivity contribution in [2.24, 2.45) is 5.73 Å². The highest BCUT2D eigenvalue weighted by molar-refractivity contribution is 9.10. The standard InChI is InChI=1S/C14H22BrNS/c1-5-11(16)8-10-6-7-12(9-13(10)15)17-14(2,3)4/h6-7,9,11H,5,8,16H2,1-4H3. The number of halogens is 1. The molecule has 0 fully saturated rings. The van der Waals surface area contributed by atoms with E-state index in [1.807, 2.05) is 11.8 Å². The molecule has 0 bridgehead atoms. The van der Waals surface area contributed by atoms with Gasteiger partial charge in [0, 0.05) is 20.2 Å². The van der Waals surface area contributed by atoms with Crippen LogP contribution in [-0.4, -0.2) is 10.8 Å². The minimum atomic E-state index is 0.251. The van der Waals surface area contributed by atoms with E-state index in [4.69, 9.17) is 5.73 Å². The molecule has 0 spiro atoms. The number of thioether (sulfide) groups is 1. The van der Waals surface area contributed by atoms with Gasteiger partial charge in [-0.25, -0.2) is 0 Å². The number of benzene rings is 1. The molecule has 1 nitrogen and oxygen atoms in total. The van der Waals surface area contributed by atoms with Crippen molar-refractivity contribution < 1.29 is 0 Å². The highest BCUT2D eigenvalue weighted by Crippen LogP contribution is 2.34. The van der Waals surface area contributed by atoms with E-state index in [-0.39, 0.29) is 10.8 Å². The van der Waals surface area contributed by atoms with Gasteiger partial charge in [-0.2, -0.15) is 0 Å². The second-order valence-corrected chi connectivity index (χ2v) is 8.09. The Morgan fingerprint density at radius 1 is 1.35 bits per heavy atom. The maximum atomic E-state index is 5.99. The Morgan fingerprint density at radius 3 is 2.47 bits per heavy atom. The Balaban J connectivity index is 2.79. The molecule has 0 aliphatic heterocycles. The van der Waals surface area contributed by atoms with Crippen LogP contribution in [0.1, 0.15) is 39.7 Å². The number of nitrogens with two attached hydrogens (primary N) is 1. The lowest BCUT2D eigenvalue weighted by atomic mass is 10.1. The number of hydrogen-bond donors (Lipinski definition) is 1. The van der Waals surface area contributed by atoms with Crippen LogP contribution in [0.5, 0.6) is 0 Å². The highest BCUT2D eigenvalue weighted by atomic mass is 79.9. The lowest BCUT2D eigenvalue weighted by Crippen LogP contribution is -2.21. The molecule has 17 heavy (non-hydrogen) atoms. The van der Waals surface area contributed by atoms with Gasteiger partial charge in [0.2, 0.25) is 0 Å². The monoisotopic (exact) mass is 315 g/mol. The highest BCUT2D eigenvalue weighted by Gasteiger charge is 2.13. The molecule has 0 saturated carbocycles. The molecular formula is C14H22BrNS. The van der Waals surface area contributed by atoms with Gasteiger partial charge in [-0.3, -0.25) is 0 Å². The maximum Gasteiger partial charge on any atom is 0.0219 e. The van der Waals surface area contributed by atoms with E-state index >= 15 is 0 Å². The second kappa shape index (κ2) is 6.26. The van der Waals surface area contributed by atoms with Gasteiger partial charge >= 0.3 is 0 Å². The quantitative estimate of drug-likeness (QED) is 0.820. The van der Waals surface area contributed by atoms with E-state index in [1.165, 1.54) is 14.9 Å². The molecular weight excluding hydrogens is 294 g/mol. The van der Waals surface area contributed by atoms with Crippen LogP contribution in [-0.2, 0) is 6.42 Å². The Morgan fingerprint density at radius 2 is 2.00 bits per heavy atom. The predicted molar refractivity (Wildman–Crippen MR) is 81.7 cm³/mol. The Hall–Kier alpha value is 0.01000. The molecule has 1 rings (SSSR count). The fraction of sp³-hybridized carbons (Fsp3) is 0.571. The summed E-state index contributed by atoms with van der Waals surface area (Å²) in [6.07, 6.45) is 1.96. The molecule has 0 saturated heterocycles. The molecule has 2 N–H and O–H groups in total. The molecule has 0 aromatic heterocycles. The summed E-state index contributed by atoms with van der Waals surface area (Å²) < 4.78 is 1.43. The summed E-state index contributed by atoms with van der Waals surface area (Å²) in [5, 5.41) is 0. The fourth-order valence-electron chi connectivity index (χ4n) is 1.54. The first-order valence-corrected chi connectivity index (χ1v) is 7.66. The van der Waals surface area contributed by atoms with Crippen LogP contribution in [0.25, 0.3) is 0 Å². The smallest absolute Gasteiger partial charge is 0.0219 e.